The van der Waals surface area contributed by atoms with Gasteiger partial charge in [0.25, 0.3) is 0 Å². The van der Waals surface area contributed by atoms with Gasteiger partial charge in [-0.2, -0.15) is 0 Å². The predicted molar refractivity (Wildman–Crippen MR) is 74.3 cm³/mol. The molecule has 2 N–H and O–H groups in total. The Kier molecular flexibility index (Phi) is 3.22. The molecule has 106 valence electrons. The number of rotatable bonds is 2. The average Bonchev–Trinajstić information content (AvgIpc) is 2.78. The van der Waals surface area contributed by atoms with Crippen LogP contribution in [0.5, 0.6) is 0 Å². The first kappa shape index (κ1) is 13.1. The van der Waals surface area contributed by atoms with Crippen molar-refractivity contribution in [1.29, 1.82) is 0 Å². The van der Waals surface area contributed by atoms with E-state index in [1.807, 2.05) is 18.2 Å². The molecule has 1 aromatic carbocycles. The lowest BCUT2D eigenvalue weighted by Gasteiger charge is -2.25. The van der Waals surface area contributed by atoms with E-state index < -0.39 is 12.1 Å². The molecule has 0 fully saturated rings. The molecule has 0 saturated carbocycles. The van der Waals surface area contributed by atoms with Crippen LogP contribution in [0.15, 0.2) is 18.2 Å². The van der Waals surface area contributed by atoms with Gasteiger partial charge in [0.2, 0.25) is 5.91 Å². The quantitative estimate of drug-likeness (QED) is 0.809. The number of hydrogen-bond donors (Lipinski definition) is 1. The summed E-state index contributed by atoms with van der Waals surface area (Å²) < 4.78 is 5.10. The summed E-state index contributed by atoms with van der Waals surface area (Å²) >= 11 is 0. The van der Waals surface area contributed by atoms with E-state index in [1.165, 1.54) is 0 Å². The number of para-hydroxylation sites is 1. The van der Waals surface area contributed by atoms with Gasteiger partial charge in [-0.05, 0) is 30.9 Å². The minimum Gasteiger partial charge on any atom is -0.464 e. The molecule has 1 amide bonds. The van der Waals surface area contributed by atoms with Crippen LogP contribution in [0.25, 0.3) is 0 Å². The Hall–Kier alpha value is -1.88. The molecular weight excluding hydrogens is 256 g/mol. The third kappa shape index (κ3) is 1.89. The maximum absolute atomic E-state index is 12.5. The molecule has 1 aromatic rings. The van der Waals surface area contributed by atoms with Gasteiger partial charge in [0.1, 0.15) is 6.04 Å². The number of esters is 1. The van der Waals surface area contributed by atoms with Crippen LogP contribution in [0.2, 0.25) is 0 Å². The summed E-state index contributed by atoms with van der Waals surface area (Å²) in [5, 5.41) is 0. The van der Waals surface area contributed by atoms with Gasteiger partial charge in [0.05, 0.1) is 18.3 Å². The highest BCUT2D eigenvalue weighted by Gasteiger charge is 2.43. The zero-order valence-electron chi connectivity index (χ0n) is 11.5. The maximum atomic E-state index is 12.5. The number of anilines is 1. The fourth-order valence-electron chi connectivity index (χ4n) is 3.08. The average molecular weight is 274 g/mol. The molecule has 5 heteroatoms. The van der Waals surface area contributed by atoms with Crippen LogP contribution in [0.3, 0.4) is 0 Å². The van der Waals surface area contributed by atoms with E-state index in [2.05, 4.69) is 0 Å². The number of nitrogens with zero attached hydrogens (tertiary/aromatic N) is 1. The third-order valence-electron chi connectivity index (χ3n) is 4.01. The van der Waals surface area contributed by atoms with E-state index in [1.54, 1.807) is 11.8 Å². The minimum absolute atomic E-state index is 0.174. The smallest absolute Gasteiger partial charge is 0.329 e. The molecule has 0 unspecified atom stereocenters. The van der Waals surface area contributed by atoms with Crippen molar-refractivity contribution in [2.24, 2.45) is 5.73 Å². The van der Waals surface area contributed by atoms with E-state index in [4.69, 9.17) is 10.5 Å². The molecule has 0 bridgehead atoms. The molecule has 0 aliphatic carbocycles. The number of aryl methyl sites for hydroxylation is 1. The lowest BCUT2D eigenvalue weighted by molar-refractivity contribution is -0.145. The normalized spacial score (nSPS) is 24.3. The number of carbonyl (C=O) groups excluding carboxylic acids is 2. The number of amides is 1. The maximum Gasteiger partial charge on any atom is 0.329 e. The number of benzene rings is 1. The number of carbonyl (C=O) groups is 2. The van der Waals surface area contributed by atoms with Gasteiger partial charge >= 0.3 is 5.97 Å². The lowest BCUT2D eigenvalue weighted by Crippen LogP contribution is -2.50. The summed E-state index contributed by atoms with van der Waals surface area (Å²) in [5.74, 6) is -0.524. The van der Waals surface area contributed by atoms with Crippen LogP contribution in [0, 0.1) is 0 Å². The van der Waals surface area contributed by atoms with Gasteiger partial charge < -0.3 is 10.5 Å². The summed E-state index contributed by atoms with van der Waals surface area (Å²) in [6.07, 6.45) is 1.89. The van der Waals surface area contributed by atoms with Gasteiger partial charge in [-0.15, -0.1) is 0 Å². The monoisotopic (exact) mass is 274 g/mol. The largest absolute Gasteiger partial charge is 0.464 e. The number of ether oxygens (including phenoxy) is 1. The van der Waals surface area contributed by atoms with E-state index in [-0.39, 0.29) is 11.9 Å². The van der Waals surface area contributed by atoms with Crippen LogP contribution in [0.1, 0.15) is 24.5 Å². The van der Waals surface area contributed by atoms with E-state index in [0.29, 0.717) is 19.4 Å². The SMILES string of the molecule is CCOC(=O)[C@@H]1Cc2cccc3c2N1C(=O)[C@@H](N)CC3. The van der Waals surface area contributed by atoms with Crippen molar-refractivity contribution in [3.8, 4) is 0 Å². The van der Waals surface area contributed by atoms with E-state index >= 15 is 0 Å². The van der Waals surface area contributed by atoms with Gasteiger partial charge in [0, 0.05) is 6.42 Å². The van der Waals surface area contributed by atoms with Gasteiger partial charge in [-0.25, -0.2) is 4.79 Å². The first-order chi connectivity index (χ1) is 9.63. The zero-order chi connectivity index (χ0) is 14.3. The number of hydrogen-bond acceptors (Lipinski definition) is 4. The summed E-state index contributed by atoms with van der Waals surface area (Å²) in [7, 11) is 0. The van der Waals surface area contributed by atoms with Crippen LogP contribution in [-0.4, -0.2) is 30.6 Å². The zero-order valence-corrected chi connectivity index (χ0v) is 11.5. The Morgan fingerprint density at radius 2 is 2.20 bits per heavy atom. The molecule has 2 atom stereocenters. The van der Waals surface area contributed by atoms with Crippen molar-refractivity contribution < 1.29 is 14.3 Å². The first-order valence-corrected chi connectivity index (χ1v) is 6.99. The standard InChI is InChI=1S/C15H18N2O3/c1-2-20-15(19)12-8-10-5-3-4-9-6-7-11(16)14(18)17(12)13(9)10/h3-5,11-12H,2,6-8,16H2,1H3/t11-,12-/m0/s1. The topological polar surface area (TPSA) is 72.6 Å². The summed E-state index contributed by atoms with van der Waals surface area (Å²) in [5.41, 5.74) is 8.94. The van der Waals surface area contributed by atoms with E-state index in [0.717, 1.165) is 23.2 Å². The highest BCUT2D eigenvalue weighted by atomic mass is 16.5. The van der Waals surface area contributed by atoms with Crippen molar-refractivity contribution in [2.75, 3.05) is 11.5 Å². The van der Waals surface area contributed by atoms with Crippen molar-refractivity contribution >= 4 is 17.6 Å². The number of nitrogens with two attached hydrogens (primary N) is 1. The van der Waals surface area contributed by atoms with Crippen LogP contribution < -0.4 is 10.6 Å². The molecule has 20 heavy (non-hydrogen) atoms. The highest BCUT2D eigenvalue weighted by molar-refractivity contribution is 6.05. The Morgan fingerprint density at radius 1 is 1.45 bits per heavy atom. The fourth-order valence-corrected chi connectivity index (χ4v) is 3.08. The van der Waals surface area contributed by atoms with Crippen molar-refractivity contribution in [2.45, 2.75) is 38.3 Å². The summed E-state index contributed by atoms with van der Waals surface area (Å²) in [6.45, 7) is 2.08. The van der Waals surface area contributed by atoms with Crippen molar-refractivity contribution in [1.82, 2.24) is 0 Å². The fraction of sp³-hybridized carbons (Fsp3) is 0.467. The van der Waals surface area contributed by atoms with Crippen LogP contribution >= 0.6 is 0 Å². The summed E-state index contributed by atoms with van der Waals surface area (Å²) in [4.78, 5) is 26.2. The molecular formula is C15H18N2O3. The third-order valence-corrected chi connectivity index (χ3v) is 4.01. The van der Waals surface area contributed by atoms with Crippen LogP contribution in [0.4, 0.5) is 5.69 Å². The molecule has 0 spiro atoms. The van der Waals surface area contributed by atoms with Gasteiger partial charge in [-0.1, -0.05) is 18.2 Å². The molecule has 2 aliphatic rings. The second-order valence-electron chi connectivity index (χ2n) is 5.25. The van der Waals surface area contributed by atoms with Gasteiger partial charge in [0.15, 0.2) is 0 Å². The molecule has 2 heterocycles. The molecule has 0 saturated heterocycles. The van der Waals surface area contributed by atoms with Crippen molar-refractivity contribution in [3.63, 3.8) is 0 Å². The van der Waals surface area contributed by atoms with Crippen LogP contribution in [-0.2, 0) is 27.2 Å². The second kappa shape index (κ2) is 4.90. The van der Waals surface area contributed by atoms with Crippen molar-refractivity contribution in [3.05, 3.63) is 29.3 Å². The lowest BCUT2D eigenvalue weighted by atomic mass is 10.0. The molecule has 2 aliphatic heterocycles. The van der Waals surface area contributed by atoms with E-state index in [9.17, 15) is 9.59 Å². The van der Waals surface area contributed by atoms with Gasteiger partial charge in [-0.3, -0.25) is 9.69 Å². The molecule has 0 radical (unpaired) electrons. The molecule has 5 nitrogen and oxygen atoms in total. The first-order valence-electron chi connectivity index (χ1n) is 6.99. The minimum atomic E-state index is -0.567. The Morgan fingerprint density at radius 3 is 2.95 bits per heavy atom. The second-order valence-corrected chi connectivity index (χ2v) is 5.25. The highest BCUT2D eigenvalue weighted by Crippen LogP contribution is 2.38. The molecule has 3 rings (SSSR count). The Labute approximate surface area is 117 Å². The molecule has 0 aromatic heterocycles. The Balaban J connectivity index is 2.06. The Bertz CT molecular complexity index is 570. The predicted octanol–water partition coefficient (Wildman–Crippen LogP) is 0.781. The summed E-state index contributed by atoms with van der Waals surface area (Å²) in [6, 6.07) is 4.83.